The lowest BCUT2D eigenvalue weighted by Crippen LogP contribution is -2.14. The second-order valence-electron chi connectivity index (χ2n) is 5.12. The molecular weight excluding hydrogens is 278 g/mol. The molecule has 2 aromatic heterocycles. The van der Waals surface area contributed by atoms with Crippen LogP contribution in [0.5, 0.6) is 0 Å². The van der Waals surface area contributed by atoms with Gasteiger partial charge in [0.2, 0.25) is 0 Å². The van der Waals surface area contributed by atoms with Gasteiger partial charge in [-0.25, -0.2) is 9.97 Å². The number of imidazole rings is 1. The van der Waals surface area contributed by atoms with Gasteiger partial charge >= 0.3 is 0 Å². The largest absolute Gasteiger partial charge is 0.322 e. The van der Waals surface area contributed by atoms with Gasteiger partial charge < -0.3 is 4.57 Å². The molecule has 0 bridgehead atoms. The van der Waals surface area contributed by atoms with Crippen LogP contribution in [0.1, 0.15) is 53.7 Å². The van der Waals surface area contributed by atoms with Gasteiger partial charge in [-0.2, -0.15) is 0 Å². The molecule has 5 heteroatoms. The fourth-order valence-electron chi connectivity index (χ4n) is 2.90. The molecule has 3 nitrogen and oxygen atoms in total. The van der Waals surface area contributed by atoms with Crippen molar-refractivity contribution in [2.45, 2.75) is 51.5 Å². The van der Waals surface area contributed by atoms with Crippen LogP contribution < -0.4 is 0 Å². The number of halogens is 1. The summed E-state index contributed by atoms with van der Waals surface area (Å²) in [7, 11) is 0. The van der Waals surface area contributed by atoms with Crippen molar-refractivity contribution < 1.29 is 0 Å². The molecule has 1 atom stereocenters. The Morgan fingerprint density at radius 2 is 2.16 bits per heavy atom. The zero-order valence-electron chi connectivity index (χ0n) is 11.3. The maximum absolute atomic E-state index is 5.84. The predicted molar refractivity (Wildman–Crippen MR) is 79.1 cm³/mol. The molecule has 0 saturated heterocycles. The summed E-state index contributed by atoms with van der Waals surface area (Å²) in [6.45, 7) is 4.31. The normalized spacial score (nSPS) is 16.4. The quantitative estimate of drug-likeness (QED) is 0.805. The Kier molecular flexibility index (Phi) is 3.63. The van der Waals surface area contributed by atoms with Crippen LogP contribution in [0.4, 0.5) is 0 Å². The molecule has 0 aliphatic heterocycles. The molecular formula is C14H18ClN3S. The maximum Gasteiger partial charge on any atom is 0.116 e. The summed E-state index contributed by atoms with van der Waals surface area (Å²) in [6, 6.07) is 0.260. The van der Waals surface area contributed by atoms with Crippen molar-refractivity contribution in [3.63, 3.8) is 0 Å². The number of hydrogen-bond donors (Lipinski definition) is 0. The Morgan fingerprint density at radius 1 is 1.37 bits per heavy atom. The first-order valence-corrected chi connectivity index (χ1v) is 8.19. The smallest absolute Gasteiger partial charge is 0.116 e. The van der Waals surface area contributed by atoms with Crippen molar-refractivity contribution in [3.05, 3.63) is 33.3 Å². The van der Waals surface area contributed by atoms with Gasteiger partial charge in [0.25, 0.3) is 0 Å². The van der Waals surface area contributed by atoms with Gasteiger partial charge in [-0.1, -0.05) is 0 Å². The van der Waals surface area contributed by atoms with E-state index in [1.54, 1.807) is 11.3 Å². The minimum Gasteiger partial charge on any atom is -0.322 e. The fourth-order valence-corrected chi connectivity index (χ4v) is 3.99. The van der Waals surface area contributed by atoms with Crippen LogP contribution in [0.15, 0.2) is 5.38 Å². The monoisotopic (exact) mass is 295 g/mol. The average molecular weight is 296 g/mol. The Balaban J connectivity index is 1.99. The molecule has 0 saturated carbocycles. The summed E-state index contributed by atoms with van der Waals surface area (Å²) in [5, 5.41) is 3.18. The summed E-state index contributed by atoms with van der Waals surface area (Å²) in [5.74, 6) is 1.60. The number of thiazole rings is 1. The maximum atomic E-state index is 5.84. The first-order valence-electron chi connectivity index (χ1n) is 6.77. The Hall–Kier alpha value is -0.870. The zero-order valence-corrected chi connectivity index (χ0v) is 12.9. The highest BCUT2D eigenvalue weighted by Gasteiger charge is 2.23. The molecule has 0 fully saturated rings. The minimum absolute atomic E-state index is 0.260. The predicted octanol–water partition coefficient (Wildman–Crippen LogP) is 3.87. The Bertz CT molecular complexity index is 588. The van der Waals surface area contributed by atoms with Crippen LogP contribution in [0.2, 0.25) is 0 Å². The summed E-state index contributed by atoms with van der Waals surface area (Å²) in [4.78, 5) is 9.35. The molecule has 0 amide bonds. The van der Waals surface area contributed by atoms with Gasteiger partial charge in [-0.3, -0.25) is 0 Å². The first-order chi connectivity index (χ1) is 9.20. The van der Waals surface area contributed by atoms with E-state index in [4.69, 9.17) is 16.6 Å². The van der Waals surface area contributed by atoms with Gasteiger partial charge in [0.1, 0.15) is 10.8 Å². The van der Waals surface area contributed by atoms with E-state index in [9.17, 15) is 0 Å². The fraction of sp³-hybridized carbons (Fsp3) is 0.571. The van der Waals surface area contributed by atoms with E-state index in [1.807, 2.05) is 0 Å². The standard InChI is InChI=1S/C14H18ClN3S/c1-9(14-17-11(7-15)8-19-14)18-10(2)16-12-5-3-4-6-13(12)18/h8-9H,3-7H2,1-2H3. The van der Waals surface area contributed by atoms with Crippen molar-refractivity contribution in [3.8, 4) is 0 Å². The third-order valence-electron chi connectivity index (χ3n) is 3.80. The van der Waals surface area contributed by atoms with Crippen molar-refractivity contribution in [1.82, 2.24) is 14.5 Å². The third kappa shape index (κ3) is 2.32. The van der Waals surface area contributed by atoms with Crippen LogP contribution in [-0.2, 0) is 18.7 Å². The van der Waals surface area contributed by atoms with E-state index in [0.717, 1.165) is 29.4 Å². The average Bonchev–Trinajstić information content (AvgIpc) is 3.01. The summed E-state index contributed by atoms with van der Waals surface area (Å²) >= 11 is 7.54. The van der Waals surface area contributed by atoms with Crippen molar-refractivity contribution in [1.29, 1.82) is 0 Å². The SMILES string of the molecule is Cc1nc2c(n1C(C)c1nc(CCl)cs1)CCCC2. The zero-order chi connectivity index (χ0) is 13.4. The van der Waals surface area contributed by atoms with Gasteiger partial charge in [0.15, 0.2) is 0 Å². The molecule has 1 aliphatic carbocycles. The number of nitrogens with zero attached hydrogens (tertiary/aromatic N) is 3. The summed E-state index contributed by atoms with van der Waals surface area (Å²) in [5.41, 5.74) is 3.68. The van der Waals surface area contributed by atoms with E-state index in [0.29, 0.717) is 5.88 Å². The number of rotatable bonds is 3. The van der Waals surface area contributed by atoms with Crippen molar-refractivity contribution in [2.24, 2.45) is 0 Å². The Labute approximate surface area is 122 Å². The minimum atomic E-state index is 0.260. The lowest BCUT2D eigenvalue weighted by Gasteiger charge is -2.19. The number of alkyl halides is 1. The van der Waals surface area contributed by atoms with Gasteiger partial charge in [-0.15, -0.1) is 22.9 Å². The number of aryl methyl sites for hydroxylation is 2. The van der Waals surface area contributed by atoms with Crippen molar-refractivity contribution >= 4 is 22.9 Å². The van der Waals surface area contributed by atoms with Crippen LogP contribution in [0, 0.1) is 6.92 Å². The lowest BCUT2D eigenvalue weighted by atomic mass is 10.0. The summed E-state index contributed by atoms with van der Waals surface area (Å²) in [6.07, 6.45) is 4.82. The Morgan fingerprint density at radius 3 is 2.89 bits per heavy atom. The second kappa shape index (κ2) is 5.25. The highest BCUT2D eigenvalue weighted by molar-refractivity contribution is 7.09. The molecule has 0 N–H and O–H groups in total. The van der Waals surface area contributed by atoms with E-state index >= 15 is 0 Å². The van der Waals surface area contributed by atoms with E-state index in [-0.39, 0.29) is 6.04 Å². The highest BCUT2D eigenvalue weighted by Crippen LogP contribution is 2.30. The molecule has 1 aliphatic rings. The van der Waals surface area contributed by atoms with Crippen LogP contribution in [0.25, 0.3) is 0 Å². The molecule has 1 unspecified atom stereocenters. The van der Waals surface area contributed by atoms with Gasteiger partial charge in [0.05, 0.1) is 23.3 Å². The first kappa shape index (κ1) is 13.1. The van der Waals surface area contributed by atoms with Gasteiger partial charge in [-0.05, 0) is 39.5 Å². The van der Waals surface area contributed by atoms with Crippen molar-refractivity contribution in [2.75, 3.05) is 0 Å². The van der Waals surface area contributed by atoms with Gasteiger partial charge in [0, 0.05) is 11.1 Å². The van der Waals surface area contributed by atoms with Crippen LogP contribution in [-0.4, -0.2) is 14.5 Å². The van der Waals surface area contributed by atoms with Crippen LogP contribution >= 0.6 is 22.9 Å². The molecule has 0 radical (unpaired) electrons. The summed E-state index contributed by atoms with van der Waals surface area (Å²) < 4.78 is 2.37. The highest BCUT2D eigenvalue weighted by atomic mass is 35.5. The number of hydrogen-bond acceptors (Lipinski definition) is 3. The molecule has 2 aromatic rings. The third-order valence-corrected chi connectivity index (χ3v) is 5.14. The second-order valence-corrected chi connectivity index (χ2v) is 6.27. The van der Waals surface area contributed by atoms with E-state index in [2.05, 4.69) is 28.8 Å². The molecule has 19 heavy (non-hydrogen) atoms. The molecule has 3 rings (SSSR count). The molecule has 102 valence electrons. The topological polar surface area (TPSA) is 30.7 Å². The van der Waals surface area contributed by atoms with Crippen LogP contribution in [0.3, 0.4) is 0 Å². The molecule has 2 heterocycles. The number of fused-ring (bicyclic) bond motifs is 1. The van der Waals surface area contributed by atoms with E-state index in [1.165, 1.54) is 24.2 Å². The molecule has 0 spiro atoms. The van der Waals surface area contributed by atoms with E-state index < -0.39 is 0 Å². The molecule has 0 aromatic carbocycles. The lowest BCUT2D eigenvalue weighted by molar-refractivity contribution is 0.560. The number of aromatic nitrogens is 3.